The summed E-state index contributed by atoms with van der Waals surface area (Å²) >= 11 is 0. The third kappa shape index (κ3) is 2.93. The van der Waals surface area contributed by atoms with Crippen LogP contribution in [-0.4, -0.2) is 17.2 Å². The standard InChI is InChI=1S/C15H19N3/c1-11-9-14(12(2)18-17-11)15(16-3)10-13-7-5-4-6-8-13/h4-9,15-16H,10H2,1-3H3. The van der Waals surface area contributed by atoms with E-state index in [4.69, 9.17) is 0 Å². The van der Waals surface area contributed by atoms with Crippen molar-refractivity contribution in [1.82, 2.24) is 15.5 Å². The van der Waals surface area contributed by atoms with Gasteiger partial charge >= 0.3 is 0 Å². The molecule has 2 rings (SSSR count). The highest BCUT2D eigenvalue weighted by molar-refractivity contribution is 5.26. The van der Waals surface area contributed by atoms with Gasteiger partial charge in [-0.2, -0.15) is 10.2 Å². The second-order valence-corrected chi connectivity index (χ2v) is 4.56. The fourth-order valence-electron chi connectivity index (χ4n) is 2.14. The van der Waals surface area contributed by atoms with Crippen LogP contribution in [0.5, 0.6) is 0 Å². The van der Waals surface area contributed by atoms with E-state index in [2.05, 4.69) is 45.8 Å². The van der Waals surface area contributed by atoms with E-state index >= 15 is 0 Å². The van der Waals surface area contributed by atoms with E-state index in [-0.39, 0.29) is 6.04 Å². The summed E-state index contributed by atoms with van der Waals surface area (Å²) in [5.74, 6) is 0. The topological polar surface area (TPSA) is 37.8 Å². The van der Waals surface area contributed by atoms with E-state index in [0.29, 0.717) is 0 Å². The zero-order valence-corrected chi connectivity index (χ0v) is 11.1. The van der Waals surface area contributed by atoms with Crippen molar-refractivity contribution in [2.75, 3.05) is 7.05 Å². The summed E-state index contributed by atoms with van der Waals surface area (Å²) in [6.45, 7) is 3.99. The average molecular weight is 241 g/mol. The number of benzene rings is 1. The zero-order valence-electron chi connectivity index (χ0n) is 11.1. The third-order valence-corrected chi connectivity index (χ3v) is 3.15. The molecule has 1 aromatic heterocycles. The minimum Gasteiger partial charge on any atom is -0.313 e. The van der Waals surface area contributed by atoms with Crippen molar-refractivity contribution < 1.29 is 0 Å². The summed E-state index contributed by atoms with van der Waals surface area (Å²) in [5, 5.41) is 11.7. The minimum atomic E-state index is 0.279. The lowest BCUT2D eigenvalue weighted by atomic mass is 9.98. The van der Waals surface area contributed by atoms with Gasteiger partial charge < -0.3 is 5.32 Å². The first-order valence-corrected chi connectivity index (χ1v) is 6.22. The van der Waals surface area contributed by atoms with Crippen LogP contribution in [0.2, 0.25) is 0 Å². The molecule has 0 bridgehead atoms. The fourth-order valence-corrected chi connectivity index (χ4v) is 2.14. The van der Waals surface area contributed by atoms with Crippen LogP contribution < -0.4 is 5.32 Å². The van der Waals surface area contributed by atoms with E-state index in [0.717, 1.165) is 17.8 Å². The highest BCUT2D eigenvalue weighted by Crippen LogP contribution is 2.20. The van der Waals surface area contributed by atoms with E-state index < -0.39 is 0 Å². The quantitative estimate of drug-likeness (QED) is 0.894. The first kappa shape index (κ1) is 12.7. The van der Waals surface area contributed by atoms with Crippen molar-refractivity contribution >= 4 is 0 Å². The van der Waals surface area contributed by atoms with Crippen molar-refractivity contribution in [1.29, 1.82) is 0 Å². The summed E-state index contributed by atoms with van der Waals surface area (Å²) < 4.78 is 0. The molecule has 0 aliphatic heterocycles. The van der Waals surface area contributed by atoms with Gasteiger partial charge in [0.1, 0.15) is 0 Å². The first-order valence-electron chi connectivity index (χ1n) is 6.22. The molecule has 1 aromatic carbocycles. The SMILES string of the molecule is CNC(Cc1ccccc1)c1cc(C)nnc1C. The van der Waals surface area contributed by atoms with E-state index in [1.54, 1.807) is 0 Å². The maximum atomic E-state index is 4.20. The van der Waals surface area contributed by atoms with Crippen LogP contribution >= 0.6 is 0 Å². The van der Waals surface area contributed by atoms with Crippen molar-refractivity contribution in [3.63, 3.8) is 0 Å². The molecular formula is C15H19N3. The number of hydrogen-bond donors (Lipinski definition) is 1. The van der Waals surface area contributed by atoms with Crippen LogP contribution in [0.15, 0.2) is 36.4 Å². The maximum absolute atomic E-state index is 4.20. The summed E-state index contributed by atoms with van der Waals surface area (Å²) in [6, 6.07) is 12.9. The molecule has 0 aliphatic rings. The Morgan fingerprint density at radius 1 is 1.11 bits per heavy atom. The van der Waals surface area contributed by atoms with Gasteiger partial charge in [-0.05, 0) is 44.5 Å². The molecule has 0 amide bonds. The molecule has 1 N–H and O–H groups in total. The van der Waals surface area contributed by atoms with Crippen molar-refractivity contribution in [3.8, 4) is 0 Å². The van der Waals surface area contributed by atoms with Crippen LogP contribution in [0.1, 0.15) is 28.6 Å². The lowest BCUT2D eigenvalue weighted by Crippen LogP contribution is -2.20. The Hall–Kier alpha value is -1.74. The number of likely N-dealkylation sites (N-methyl/N-ethyl adjacent to an activating group) is 1. The number of nitrogens with zero attached hydrogens (tertiary/aromatic N) is 2. The Bertz CT molecular complexity index is 508. The van der Waals surface area contributed by atoms with Gasteiger partial charge in [-0.3, -0.25) is 0 Å². The predicted octanol–water partition coefficient (Wildman–Crippen LogP) is 2.60. The normalized spacial score (nSPS) is 12.4. The Balaban J connectivity index is 2.26. The molecule has 0 spiro atoms. The van der Waals surface area contributed by atoms with Gasteiger partial charge in [0, 0.05) is 6.04 Å². The van der Waals surface area contributed by atoms with Gasteiger partial charge in [0.25, 0.3) is 0 Å². The molecule has 0 aliphatic carbocycles. The Kier molecular flexibility index (Phi) is 4.05. The number of aromatic nitrogens is 2. The van der Waals surface area contributed by atoms with Crippen molar-refractivity contribution in [2.45, 2.75) is 26.3 Å². The average Bonchev–Trinajstić information content (AvgIpc) is 2.40. The van der Waals surface area contributed by atoms with Gasteiger partial charge in [0.2, 0.25) is 0 Å². The Morgan fingerprint density at radius 3 is 2.50 bits per heavy atom. The molecule has 1 unspecified atom stereocenters. The Morgan fingerprint density at radius 2 is 1.83 bits per heavy atom. The molecule has 0 saturated heterocycles. The molecule has 3 nitrogen and oxygen atoms in total. The van der Waals surface area contributed by atoms with Crippen molar-refractivity contribution in [3.05, 3.63) is 58.9 Å². The lowest BCUT2D eigenvalue weighted by Gasteiger charge is -2.18. The molecule has 0 saturated carbocycles. The highest BCUT2D eigenvalue weighted by atomic mass is 15.1. The van der Waals surface area contributed by atoms with Crippen LogP contribution in [0, 0.1) is 13.8 Å². The van der Waals surface area contributed by atoms with Crippen LogP contribution in [0.3, 0.4) is 0 Å². The maximum Gasteiger partial charge on any atom is 0.0648 e. The van der Waals surface area contributed by atoms with E-state index in [9.17, 15) is 0 Å². The zero-order chi connectivity index (χ0) is 13.0. The number of rotatable bonds is 4. The summed E-state index contributed by atoms with van der Waals surface area (Å²) in [7, 11) is 1.99. The summed E-state index contributed by atoms with van der Waals surface area (Å²) in [5.41, 5.74) is 4.51. The third-order valence-electron chi connectivity index (χ3n) is 3.15. The molecule has 1 heterocycles. The minimum absolute atomic E-state index is 0.279. The largest absolute Gasteiger partial charge is 0.313 e. The van der Waals surface area contributed by atoms with Gasteiger partial charge in [-0.25, -0.2) is 0 Å². The number of aryl methyl sites for hydroxylation is 2. The van der Waals surface area contributed by atoms with Crippen molar-refractivity contribution in [2.24, 2.45) is 0 Å². The highest BCUT2D eigenvalue weighted by Gasteiger charge is 2.14. The molecule has 2 aromatic rings. The molecule has 0 fully saturated rings. The summed E-state index contributed by atoms with van der Waals surface area (Å²) in [6.07, 6.45) is 0.962. The molecule has 1 atom stereocenters. The number of nitrogens with one attached hydrogen (secondary N) is 1. The van der Waals surface area contributed by atoms with Gasteiger partial charge in [-0.15, -0.1) is 0 Å². The number of hydrogen-bond acceptors (Lipinski definition) is 3. The molecule has 94 valence electrons. The van der Waals surface area contributed by atoms with Gasteiger partial charge in [0.15, 0.2) is 0 Å². The molecule has 3 heteroatoms. The van der Waals surface area contributed by atoms with E-state index in [1.165, 1.54) is 11.1 Å². The first-order chi connectivity index (χ1) is 8.70. The fraction of sp³-hybridized carbons (Fsp3) is 0.333. The second kappa shape index (κ2) is 5.74. The molecule has 0 radical (unpaired) electrons. The van der Waals surface area contributed by atoms with Gasteiger partial charge in [-0.1, -0.05) is 30.3 Å². The predicted molar refractivity (Wildman–Crippen MR) is 73.5 cm³/mol. The lowest BCUT2D eigenvalue weighted by molar-refractivity contribution is 0.582. The second-order valence-electron chi connectivity index (χ2n) is 4.56. The van der Waals surface area contributed by atoms with Crippen LogP contribution in [0.25, 0.3) is 0 Å². The smallest absolute Gasteiger partial charge is 0.0648 e. The molecule has 18 heavy (non-hydrogen) atoms. The van der Waals surface area contributed by atoms with E-state index in [1.807, 2.05) is 27.0 Å². The van der Waals surface area contributed by atoms with Crippen LogP contribution in [-0.2, 0) is 6.42 Å². The van der Waals surface area contributed by atoms with Crippen LogP contribution in [0.4, 0.5) is 0 Å². The monoisotopic (exact) mass is 241 g/mol. The Labute approximate surface area is 108 Å². The van der Waals surface area contributed by atoms with Gasteiger partial charge in [0.05, 0.1) is 11.4 Å². The summed E-state index contributed by atoms with van der Waals surface area (Å²) in [4.78, 5) is 0. The molecular weight excluding hydrogens is 222 g/mol.